The Morgan fingerprint density at radius 1 is 1.40 bits per heavy atom. The van der Waals surface area contributed by atoms with Crippen molar-refractivity contribution in [3.05, 3.63) is 35.9 Å². The van der Waals surface area contributed by atoms with Crippen LogP contribution in [0, 0.1) is 0 Å². The number of aliphatic hydroxyl groups is 2. The molecule has 2 N–H and O–H groups in total. The molecule has 1 aliphatic heterocycles. The molecule has 6 heteroatoms. The molecule has 6 nitrogen and oxygen atoms in total. The van der Waals surface area contributed by atoms with Crippen LogP contribution in [0.3, 0.4) is 0 Å². The van der Waals surface area contributed by atoms with Crippen LogP contribution < -0.4 is 0 Å². The molecule has 1 saturated heterocycles. The number of aliphatic hydroxyl groups excluding tert-OH is 2. The van der Waals surface area contributed by atoms with Gasteiger partial charge in [-0.2, -0.15) is 0 Å². The number of methoxy groups -OCH3 is 1. The van der Waals surface area contributed by atoms with Gasteiger partial charge in [0.15, 0.2) is 6.29 Å². The summed E-state index contributed by atoms with van der Waals surface area (Å²) in [6, 6.07) is 9.40. The number of carbonyl (C=O) groups excluding carboxylic acids is 1. The maximum atomic E-state index is 11.8. The Labute approximate surface area is 116 Å². The number of ether oxygens (including phenoxy) is 3. The molecule has 0 bridgehead atoms. The first-order valence-corrected chi connectivity index (χ1v) is 6.32. The number of hydrogen-bond donors (Lipinski definition) is 2. The highest BCUT2D eigenvalue weighted by Crippen LogP contribution is 2.31. The van der Waals surface area contributed by atoms with Crippen LogP contribution in [0.2, 0.25) is 0 Å². The van der Waals surface area contributed by atoms with Gasteiger partial charge in [0.1, 0.15) is 6.10 Å². The quantitative estimate of drug-likeness (QED) is 0.751. The van der Waals surface area contributed by atoms with Gasteiger partial charge in [0, 0.05) is 6.42 Å². The molecule has 1 aliphatic rings. The average Bonchev–Trinajstić information content (AvgIpc) is 2.74. The Kier molecular flexibility index (Phi) is 4.72. The van der Waals surface area contributed by atoms with Gasteiger partial charge in [0.05, 0.1) is 20.3 Å². The minimum atomic E-state index is -1.66. The van der Waals surface area contributed by atoms with Gasteiger partial charge in [0.2, 0.25) is 5.60 Å². The summed E-state index contributed by atoms with van der Waals surface area (Å²) in [5.41, 5.74) is -0.733. The summed E-state index contributed by atoms with van der Waals surface area (Å²) in [5, 5.41) is 19.4. The summed E-state index contributed by atoms with van der Waals surface area (Å²) in [6.45, 7) is 0.0819. The van der Waals surface area contributed by atoms with Gasteiger partial charge in [-0.3, -0.25) is 0 Å². The fourth-order valence-corrected chi connectivity index (χ4v) is 2.19. The first-order chi connectivity index (χ1) is 9.58. The van der Waals surface area contributed by atoms with Crippen molar-refractivity contribution in [1.29, 1.82) is 0 Å². The van der Waals surface area contributed by atoms with Crippen LogP contribution in [0.25, 0.3) is 0 Å². The molecule has 1 aromatic rings. The molecule has 0 amide bonds. The fourth-order valence-electron chi connectivity index (χ4n) is 2.19. The van der Waals surface area contributed by atoms with Crippen LogP contribution in [0.1, 0.15) is 12.0 Å². The second-order valence-corrected chi connectivity index (χ2v) is 4.68. The van der Waals surface area contributed by atoms with Crippen molar-refractivity contribution in [2.45, 2.75) is 31.0 Å². The lowest BCUT2D eigenvalue weighted by Gasteiger charge is -2.28. The van der Waals surface area contributed by atoms with Gasteiger partial charge in [-0.15, -0.1) is 0 Å². The number of rotatable bonds is 5. The Hall–Kier alpha value is -1.47. The fraction of sp³-hybridized carbons (Fsp3) is 0.500. The van der Waals surface area contributed by atoms with Crippen molar-refractivity contribution in [3.63, 3.8) is 0 Å². The maximum absolute atomic E-state index is 11.8. The van der Waals surface area contributed by atoms with E-state index in [2.05, 4.69) is 4.74 Å². The lowest BCUT2D eigenvalue weighted by Crippen LogP contribution is -2.52. The average molecular weight is 282 g/mol. The number of benzene rings is 1. The molecule has 0 saturated carbocycles. The third kappa shape index (κ3) is 2.99. The lowest BCUT2D eigenvalue weighted by atomic mass is 9.98. The maximum Gasteiger partial charge on any atom is 0.343 e. The first-order valence-electron chi connectivity index (χ1n) is 6.32. The first kappa shape index (κ1) is 14.9. The van der Waals surface area contributed by atoms with E-state index in [1.807, 2.05) is 30.3 Å². The molecule has 0 spiro atoms. The van der Waals surface area contributed by atoms with Crippen LogP contribution >= 0.6 is 0 Å². The lowest BCUT2D eigenvalue weighted by molar-refractivity contribution is -0.205. The third-order valence-corrected chi connectivity index (χ3v) is 3.27. The molecular weight excluding hydrogens is 264 g/mol. The summed E-state index contributed by atoms with van der Waals surface area (Å²) in [5.74, 6) is -0.755. The molecule has 0 aromatic heterocycles. The van der Waals surface area contributed by atoms with Gasteiger partial charge < -0.3 is 24.4 Å². The number of esters is 1. The van der Waals surface area contributed by atoms with Crippen LogP contribution in [0.15, 0.2) is 30.3 Å². The molecule has 1 heterocycles. The molecule has 0 aliphatic carbocycles. The minimum Gasteiger partial charge on any atom is -0.467 e. The number of hydrogen-bond acceptors (Lipinski definition) is 6. The molecule has 0 radical (unpaired) electrons. The highest BCUT2D eigenvalue weighted by Gasteiger charge is 2.55. The normalized spacial score (nSPS) is 29.4. The summed E-state index contributed by atoms with van der Waals surface area (Å²) in [6.07, 6.45) is -2.42. The van der Waals surface area contributed by atoms with E-state index in [4.69, 9.17) is 9.47 Å². The van der Waals surface area contributed by atoms with E-state index in [0.717, 1.165) is 5.56 Å². The monoisotopic (exact) mass is 282 g/mol. The zero-order valence-electron chi connectivity index (χ0n) is 11.2. The Morgan fingerprint density at radius 3 is 2.65 bits per heavy atom. The van der Waals surface area contributed by atoms with Crippen LogP contribution in [0.5, 0.6) is 0 Å². The van der Waals surface area contributed by atoms with Gasteiger partial charge in [0.25, 0.3) is 0 Å². The second-order valence-electron chi connectivity index (χ2n) is 4.68. The van der Waals surface area contributed by atoms with Crippen molar-refractivity contribution in [2.75, 3.05) is 13.7 Å². The standard InChI is InChI=1S/C14H18O6/c1-18-13(17)14(11(15)7-12(16)20-14)9-19-8-10-5-3-2-4-6-10/h2-6,11-12,15-16H,7-9H2,1H3/t11-,12?,14+/m0/s1. The van der Waals surface area contributed by atoms with Crippen LogP contribution in [-0.2, 0) is 25.6 Å². The molecule has 20 heavy (non-hydrogen) atoms. The predicted octanol–water partition coefficient (Wildman–Crippen LogP) is 0.215. The number of carbonyl (C=O) groups is 1. The van der Waals surface area contributed by atoms with E-state index < -0.39 is 24.0 Å². The molecule has 3 atom stereocenters. The van der Waals surface area contributed by atoms with E-state index in [1.54, 1.807) is 0 Å². The van der Waals surface area contributed by atoms with Gasteiger partial charge in [-0.25, -0.2) is 4.79 Å². The van der Waals surface area contributed by atoms with E-state index in [9.17, 15) is 15.0 Å². The Morgan fingerprint density at radius 2 is 2.10 bits per heavy atom. The van der Waals surface area contributed by atoms with E-state index in [-0.39, 0.29) is 19.6 Å². The summed E-state index contributed by atoms with van der Waals surface area (Å²) in [4.78, 5) is 11.8. The van der Waals surface area contributed by atoms with E-state index >= 15 is 0 Å². The second kappa shape index (κ2) is 6.32. The molecule has 110 valence electrons. The Bertz CT molecular complexity index is 448. The van der Waals surface area contributed by atoms with Crippen LogP contribution in [0.4, 0.5) is 0 Å². The van der Waals surface area contributed by atoms with Crippen molar-refractivity contribution < 1.29 is 29.2 Å². The zero-order valence-corrected chi connectivity index (χ0v) is 11.2. The predicted molar refractivity (Wildman–Crippen MR) is 68.6 cm³/mol. The minimum absolute atomic E-state index is 0.0518. The van der Waals surface area contributed by atoms with Crippen molar-refractivity contribution in [3.8, 4) is 0 Å². The molecule has 1 fully saturated rings. The molecule has 1 aromatic carbocycles. The molecular formula is C14H18O6. The van der Waals surface area contributed by atoms with Crippen LogP contribution in [-0.4, -0.2) is 47.9 Å². The highest BCUT2D eigenvalue weighted by molar-refractivity contribution is 5.81. The van der Waals surface area contributed by atoms with Crippen molar-refractivity contribution in [1.82, 2.24) is 0 Å². The summed E-state index contributed by atoms with van der Waals surface area (Å²) < 4.78 is 15.3. The molecule has 2 rings (SSSR count). The van der Waals surface area contributed by atoms with Gasteiger partial charge in [-0.05, 0) is 5.56 Å². The molecule has 1 unspecified atom stereocenters. The van der Waals surface area contributed by atoms with Crippen molar-refractivity contribution >= 4 is 5.97 Å². The van der Waals surface area contributed by atoms with Gasteiger partial charge >= 0.3 is 5.97 Å². The SMILES string of the molecule is COC(=O)[C@]1(COCc2ccccc2)OC(O)C[C@@H]1O. The zero-order chi connectivity index (χ0) is 14.6. The summed E-state index contributed by atoms with van der Waals surface area (Å²) in [7, 11) is 1.20. The van der Waals surface area contributed by atoms with E-state index in [1.165, 1.54) is 7.11 Å². The summed E-state index contributed by atoms with van der Waals surface area (Å²) >= 11 is 0. The smallest absolute Gasteiger partial charge is 0.343 e. The Balaban J connectivity index is 2.01. The third-order valence-electron chi connectivity index (χ3n) is 3.27. The van der Waals surface area contributed by atoms with Crippen molar-refractivity contribution in [2.24, 2.45) is 0 Å². The van der Waals surface area contributed by atoms with E-state index in [0.29, 0.717) is 0 Å². The highest BCUT2D eigenvalue weighted by atomic mass is 16.7. The topological polar surface area (TPSA) is 85.2 Å². The largest absolute Gasteiger partial charge is 0.467 e. The van der Waals surface area contributed by atoms with Gasteiger partial charge in [-0.1, -0.05) is 30.3 Å².